The highest BCUT2D eigenvalue weighted by molar-refractivity contribution is 5.95. The molecular formula is C19H19F3N2O3. The first kappa shape index (κ1) is 20.4. The summed E-state index contributed by atoms with van der Waals surface area (Å²) >= 11 is 0. The SMILES string of the molecule is CCOC(=O)c1ccc(C(=O)NCCc2ccccc2C(F)(F)F)nc1C. The molecule has 5 nitrogen and oxygen atoms in total. The van der Waals surface area contributed by atoms with Crippen molar-refractivity contribution in [3.05, 3.63) is 64.5 Å². The van der Waals surface area contributed by atoms with Crippen molar-refractivity contribution >= 4 is 11.9 Å². The van der Waals surface area contributed by atoms with Gasteiger partial charge in [0.2, 0.25) is 0 Å². The molecule has 1 heterocycles. The molecule has 0 saturated heterocycles. The smallest absolute Gasteiger partial charge is 0.416 e. The van der Waals surface area contributed by atoms with Gasteiger partial charge >= 0.3 is 12.1 Å². The van der Waals surface area contributed by atoms with Crippen LogP contribution in [0.5, 0.6) is 0 Å². The normalized spacial score (nSPS) is 11.1. The maximum Gasteiger partial charge on any atom is 0.416 e. The van der Waals surface area contributed by atoms with Crippen molar-refractivity contribution < 1.29 is 27.5 Å². The second-order valence-electron chi connectivity index (χ2n) is 5.71. The van der Waals surface area contributed by atoms with E-state index in [1.807, 2.05) is 0 Å². The number of carbonyl (C=O) groups is 2. The zero-order valence-electron chi connectivity index (χ0n) is 14.9. The van der Waals surface area contributed by atoms with E-state index in [1.54, 1.807) is 13.8 Å². The number of nitrogens with one attached hydrogen (secondary N) is 1. The van der Waals surface area contributed by atoms with Gasteiger partial charge in [0.1, 0.15) is 5.69 Å². The highest BCUT2D eigenvalue weighted by atomic mass is 19.4. The van der Waals surface area contributed by atoms with E-state index in [0.717, 1.165) is 6.07 Å². The third kappa shape index (κ3) is 5.29. The van der Waals surface area contributed by atoms with Crippen LogP contribution < -0.4 is 5.32 Å². The number of pyridine rings is 1. The van der Waals surface area contributed by atoms with Crippen molar-refractivity contribution in [1.29, 1.82) is 0 Å². The number of esters is 1. The predicted octanol–water partition coefficient (Wildman–Crippen LogP) is 3.56. The third-order valence-corrected chi connectivity index (χ3v) is 3.82. The fraction of sp³-hybridized carbons (Fsp3) is 0.316. The van der Waals surface area contributed by atoms with Gasteiger partial charge in [-0.3, -0.25) is 4.79 Å². The number of nitrogens with zero attached hydrogens (tertiary/aromatic N) is 1. The lowest BCUT2D eigenvalue weighted by atomic mass is 10.0. The van der Waals surface area contributed by atoms with E-state index >= 15 is 0 Å². The van der Waals surface area contributed by atoms with Gasteiger partial charge in [0.25, 0.3) is 5.91 Å². The van der Waals surface area contributed by atoms with Crippen molar-refractivity contribution in [2.75, 3.05) is 13.2 Å². The summed E-state index contributed by atoms with van der Waals surface area (Å²) < 4.78 is 43.8. The van der Waals surface area contributed by atoms with Crippen LogP contribution in [0.1, 0.15) is 44.6 Å². The van der Waals surface area contributed by atoms with Gasteiger partial charge in [0.15, 0.2) is 0 Å². The molecule has 0 aliphatic heterocycles. The Morgan fingerprint density at radius 2 is 1.85 bits per heavy atom. The number of amides is 1. The van der Waals surface area contributed by atoms with Gasteiger partial charge in [-0.05, 0) is 44.0 Å². The number of ether oxygens (including phenoxy) is 1. The lowest BCUT2D eigenvalue weighted by molar-refractivity contribution is -0.138. The van der Waals surface area contributed by atoms with Crippen LogP contribution in [0.15, 0.2) is 36.4 Å². The molecule has 0 atom stereocenters. The minimum absolute atomic E-state index is 0.0201. The fourth-order valence-electron chi connectivity index (χ4n) is 2.53. The monoisotopic (exact) mass is 380 g/mol. The standard InChI is InChI=1S/C19H19F3N2O3/c1-3-27-18(26)14-8-9-16(24-12(14)2)17(25)23-11-10-13-6-4-5-7-15(13)19(20,21)22/h4-9H,3,10-11H2,1-2H3,(H,23,25). The van der Waals surface area contributed by atoms with Gasteiger partial charge in [-0.1, -0.05) is 18.2 Å². The average molecular weight is 380 g/mol. The quantitative estimate of drug-likeness (QED) is 0.778. The summed E-state index contributed by atoms with van der Waals surface area (Å²) in [5.74, 6) is -1.06. The Hall–Kier alpha value is -2.90. The second kappa shape index (κ2) is 8.66. The largest absolute Gasteiger partial charge is 0.462 e. The lowest BCUT2D eigenvalue weighted by Crippen LogP contribution is -2.27. The zero-order chi connectivity index (χ0) is 20.0. The Kier molecular flexibility index (Phi) is 6.55. The number of rotatable bonds is 6. The number of alkyl halides is 3. The van der Waals surface area contributed by atoms with Crippen LogP contribution in [0.3, 0.4) is 0 Å². The van der Waals surface area contributed by atoms with Crippen molar-refractivity contribution in [2.24, 2.45) is 0 Å². The van der Waals surface area contributed by atoms with E-state index < -0.39 is 23.6 Å². The van der Waals surface area contributed by atoms with Crippen LogP contribution in [0, 0.1) is 6.92 Å². The molecule has 0 bridgehead atoms. The zero-order valence-corrected chi connectivity index (χ0v) is 14.9. The Labute approximate surface area is 154 Å². The molecule has 27 heavy (non-hydrogen) atoms. The molecule has 2 aromatic rings. The minimum Gasteiger partial charge on any atom is -0.462 e. The third-order valence-electron chi connectivity index (χ3n) is 3.82. The number of benzene rings is 1. The van der Waals surface area contributed by atoms with Gasteiger partial charge in [0, 0.05) is 6.54 Å². The summed E-state index contributed by atoms with van der Waals surface area (Å²) in [4.78, 5) is 28.0. The van der Waals surface area contributed by atoms with E-state index in [1.165, 1.54) is 30.3 Å². The topological polar surface area (TPSA) is 68.3 Å². The number of halogens is 3. The lowest BCUT2D eigenvalue weighted by Gasteiger charge is -2.13. The summed E-state index contributed by atoms with van der Waals surface area (Å²) in [5, 5.41) is 2.54. The molecule has 0 radical (unpaired) electrons. The number of hydrogen-bond acceptors (Lipinski definition) is 4. The summed E-state index contributed by atoms with van der Waals surface area (Å²) in [5.41, 5.74) is 0.0554. The highest BCUT2D eigenvalue weighted by Crippen LogP contribution is 2.31. The number of aryl methyl sites for hydroxylation is 1. The molecule has 1 aromatic carbocycles. The van der Waals surface area contributed by atoms with E-state index in [-0.39, 0.29) is 36.4 Å². The van der Waals surface area contributed by atoms with Gasteiger partial charge in [-0.15, -0.1) is 0 Å². The second-order valence-corrected chi connectivity index (χ2v) is 5.71. The van der Waals surface area contributed by atoms with Gasteiger partial charge in [0.05, 0.1) is 23.4 Å². The molecule has 8 heteroatoms. The van der Waals surface area contributed by atoms with Crippen LogP contribution in [0.25, 0.3) is 0 Å². The Balaban J connectivity index is 2.01. The van der Waals surface area contributed by atoms with E-state index in [0.29, 0.717) is 5.69 Å². The van der Waals surface area contributed by atoms with Crippen LogP contribution >= 0.6 is 0 Å². The molecule has 0 unspecified atom stereocenters. The predicted molar refractivity (Wildman–Crippen MR) is 92.4 cm³/mol. The molecule has 1 amide bonds. The first-order chi connectivity index (χ1) is 12.7. The molecular weight excluding hydrogens is 361 g/mol. The number of aromatic nitrogens is 1. The van der Waals surface area contributed by atoms with Gasteiger partial charge < -0.3 is 10.1 Å². The van der Waals surface area contributed by atoms with Crippen molar-refractivity contribution in [3.63, 3.8) is 0 Å². The van der Waals surface area contributed by atoms with Crippen LogP contribution in [0.2, 0.25) is 0 Å². The first-order valence-electron chi connectivity index (χ1n) is 8.32. The maximum absolute atomic E-state index is 13.0. The van der Waals surface area contributed by atoms with Crippen molar-refractivity contribution in [3.8, 4) is 0 Å². The first-order valence-corrected chi connectivity index (χ1v) is 8.32. The van der Waals surface area contributed by atoms with Crippen LogP contribution in [0.4, 0.5) is 13.2 Å². The highest BCUT2D eigenvalue weighted by Gasteiger charge is 2.32. The maximum atomic E-state index is 13.0. The number of carbonyl (C=O) groups excluding carboxylic acids is 2. The average Bonchev–Trinajstić information content (AvgIpc) is 2.61. The summed E-state index contributed by atoms with van der Waals surface area (Å²) in [6.45, 7) is 3.49. The fourth-order valence-corrected chi connectivity index (χ4v) is 2.53. The van der Waals surface area contributed by atoms with E-state index in [2.05, 4.69) is 10.3 Å². The Bertz CT molecular complexity index is 835. The molecule has 0 fully saturated rings. The summed E-state index contributed by atoms with van der Waals surface area (Å²) in [7, 11) is 0. The van der Waals surface area contributed by atoms with Crippen molar-refractivity contribution in [1.82, 2.24) is 10.3 Å². The van der Waals surface area contributed by atoms with E-state index in [4.69, 9.17) is 4.74 Å². The van der Waals surface area contributed by atoms with Crippen LogP contribution in [-0.4, -0.2) is 30.0 Å². The summed E-state index contributed by atoms with van der Waals surface area (Å²) in [6, 6.07) is 8.04. The van der Waals surface area contributed by atoms with Gasteiger partial charge in [-0.2, -0.15) is 13.2 Å². The van der Waals surface area contributed by atoms with Crippen molar-refractivity contribution in [2.45, 2.75) is 26.4 Å². The minimum atomic E-state index is -4.44. The van der Waals surface area contributed by atoms with Gasteiger partial charge in [-0.25, -0.2) is 9.78 Å². The molecule has 2 rings (SSSR count). The Morgan fingerprint density at radius 1 is 1.15 bits per heavy atom. The Morgan fingerprint density at radius 3 is 2.48 bits per heavy atom. The molecule has 144 valence electrons. The molecule has 0 aliphatic rings. The molecule has 1 aromatic heterocycles. The molecule has 0 spiro atoms. The molecule has 0 saturated carbocycles. The van der Waals surface area contributed by atoms with Crippen LogP contribution in [-0.2, 0) is 17.3 Å². The number of hydrogen-bond donors (Lipinski definition) is 1. The van der Waals surface area contributed by atoms with E-state index in [9.17, 15) is 22.8 Å². The summed E-state index contributed by atoms with van der Waals surface area (Å²) in [6.07, 6.45) is -4.41. The molecule has 1 N–H and O–H groups in total. The molecule has 0 aliphatic carbocycles.